The lowest BCUT2D eigenvalue weighted by Gasteiger charge is -2.17. The Morgan fingerprint density at radius 1 is 1.50 bits per heavy atom. The minimum atomic E-state index is -1.06. The van der Waals surface area contributed by atoms with Crippen molar-refractivity contribution in [3.63, 3.8) is 0 Å². The van der Waals surface area contributed by atoms with Crippen molar-refractivity contribution in [3.8, 4) is 5.75 Å². The molecule has 0 saturated carbocycles. The third-order valence-electron chi connectivity index (χ3n) is 3.58. The van der Waals surface area contributed by atoms with Crippen molar-refractivity contribution in [1.29, 1.82) is 0 Å². The number of hydrogen-bond donors (Lipinski definition) is 2. The zero-order valence-corrected chi connectivity index (χ0v) is 11.4. The van der Waals surface area contributed by atoms with Gasteiger partial charge < -0.3 is 24.5 Å². The van der Waals surface area contributed by atoms with E-state index in [9.17, 15) is 4.79 Å². The highest BCUT2D eigenvalue weighted by Crippen LogP contribution is 2.33. The van der Waals surface area contributed by atoms with Crippen molar-refractivity contribution in [2.24, 2.45) is 0 Å². The average molecular weight is 277 g/mol. The molecule has 2 unspecified atom stereocenters. The summed E-state index contributed by atoms with van der Waals surface area (Å²) < 4.78 is 17.4. The predicted molar refractivity (Wildman–Crippen MR) is 72.5 cm³/mol. The highest BCUT2D eigenvalue weighted by Gasteiger charge is 2.43. The van der Waals surface area contributed by atoms with Crippen LogP contribution >= 0.6 is 0 Å². The van der Waals surface area contributed by atoms with Gasteiger partial charge in [0.1, 0.15) is 12.4 Å². The third kappa shape index (κ3) is 2.23. The Labute approximate surface area is 117 Å². The summed E-state index contributed by atoms with van der Waals surface area (Å²) >= 11 is 0. The van der Waals surface area contributed by atoms with Gasteiger partial charge >= 0.3 is 13.2 Å². The molecular weight excluding hydrogens is 261 g/mol. The Kier molecular flexibility index (Phi) is 3.31. The maximum atomic E-state index is 10.7. The van der Waals surface area contributed by atoms with Gasteiger partial charge in [0.25, 0.3) is 0 Å². The van der Waals surface area contributed by atoms with Gasteiger partial charge in [0.05, 0.1) is 12.2 Å². The smallest absolute Gasteiger partial charge is 0.491 e. The van der Waals surface area contributed by atoms with Crippen molar-refractivity contribution in [2.45, 2.75) is 26.1 Å². The number of nitrogens with one attached hydrogen (secondary N) is 1. The molecule has 2 aliphatic rings. The summed E-state index contributed by atoms with van der Waals surface area (Å²) in [4.78, 5) is 10.7. The molecule has 20 heavy (non-hydrogen) atoms. The SMILES string of the molecule is Cc1ccc2c3c1C(CNC(=O)O)OB3OC(C)CO2. The summed E-state index contributed by atoms with van der Waals surface area (Å²) in [5.41, 5.74) is 2.91. The van der Waals surface area contributed by atoms with Gasteiger partial charge in [0.2, 0.25) is 0 Å². The highest BCUT2D eigenvalue weighted by molar-refractivity contribution is 6.64. The summed E-state index contributed by atoms with van der Waals surface area (Å²) in [6.07, 6.45) is -1.49. The normalized spacial score (nSPS) is 23.8. The molecular formula is C13H16BNO5. The van der Waals surface area contributed by atoms with E-state index in [0.29, 0.717) is 6.61 Å². The third-order valence-corrected chi connectivity index (χ3v) is 3.58. The summed E-state index contributed by atoms with van der Waals surface area (Å²) in [6.45, 7) is 4.57. The molecule has 0 fully saturated rings. The minimum Gasteiger partial charge on any atom is -0.491 e. The zero-order chi connectivity index (χ0) is 14.3. The van der Waals surface area contributed by atoms with Crippen LogP contribution in [0.2, 0.25) is 0 Å². The Morgan fingerprint density at radius 3 is 3.05 bits per heavy atom. The Balaban J connectivity index is 1.97. The molecule has 0 bridgehead atoms. The van der Waals surface area contributed by atoms with E-state index in [-0.39, 0.29) is 18.8 Å². The van der Waals surface area contributed by atoms with Gasteiger partial charge in [-0.3, -0.25) is 0 Å². The summed E-state index contributed by atoms with van der Waals surface area (Å²) in [7, 11) is -0.488. The molecule has 0 aromatic heterocycles. The summed E-state index contributed by atoms with van der Waals surface area (Å²) in [6, 6.07) is 3.88. The van der Waals surface area contributed by atoms with Crippen LogP contribution in [0.25, 0.3) is 0 Å². The molecule has 1 amide bonds. The Bertz CT molecular complexity index is 550. The second-order valence-corrected chi connectivity index (χ2v) is 5.11. The molecule has 0 spiro atoms. The second-order valence-electron chi connectivity index (χ2n) is 5.11. The first-order valence-electron chi connectivity index (χ1n) is 6.60. The van der Waals surface area contributed by atoms with Gasteiger partial charge in [-0.1, -0.05) is 6.07 Å². The van der Waals surface area contributed by atoms with Crippen LogP contribution in [-0.4, -0.2) is 37.6 Å². The Hall–Kier alpha value is -1.73. The largest absolute Gasteiger partial charge is 0.498 e. The van der Waals surface area contributed by atoms with Crippen molar-refractivity contribution in [3.05, 3.63) is 23.3 Å². The topological polar surface area (TPSA) is 77.0 Å². The molecule has 3 rings (SSSR count). The van der Waals surface area contributed by atoms with Crippen LogP contribution < -0.4 is 15.5 Å². The lowest BCUT2D eigenvalue weighted by Crippen LogP contribution is -2.34. The molecule has 106 valence electrons. The lowest BCUT2D eigenvalue weighted by atomic mass is 9.76. The maximum Gasteiger partial charge on any atom is 0.498 e. The zero-order valence-electron chi connectivity index (χ0n) is 11.4. The molecule has 0 aliphatic carbocycles. The molecule has 1 aromatic rings. The number of aryl methyl sites for hydroxylation is 1. The van der Waals surface area contributed by atoms with Crippen LogP contribution in [0.5, 0.6) is 5.75 Å². The number of carbonyl (C=O) groups is 1. The fourth-order valence-electron chi connectivity index (χ4n) is 2.69. The van der Waals surface area contributed by atoms with Crippen LogP contribution in [0.15, 0.2) is 12.1 Å². The first-order valence-corrected chi connectivity index (χ1v) is 6.60. The molecule has 0 radical (unpaired) electrons. The highest BCUT2D eigenvalue weighted by atomic mass is 16.6. The van der Waals surface area contributed by atoms with Crippen molar-refractivity contribution < 1.29 is 23.9 Å². The van der Waals surface area contributed by atoms with Gasteiger partial charge in [-0.25, -0.2) is 4.79 Å². The van der Waals surface area contributed by atoms with Crippen LogP contribution in [0, 0.1) is 6.92 Å². The second kappa shape index (κ2) is 4.99. The average Bonchev–Trinajstić information content (AvgIpc) is 2.67. The minimum absolute atomic E-state index is 0.0771. The predicted octanol–water partition coefficient (Wildman–Crippen LogP) is 0.827. The Morgan fingerprint density at radius 2 is 2.30 bits per heavy atom. The number of benzene rings is 1. The molecule has 6 nitrogen and oxygen atoms in total. The van der Waals surface area contributed by atoms with Crippen LogP contribution in [0.4, 0.5) is 4.79 Å². The number of hydrogen-bond acceptors (Lipinski definition) is 4. The molecule has 7 heteroatoms. The van der Waals surface area contributed by atoms with E-state index in [1.807, 2.05) is 26.0 Å². The number of carboxylic acid groups (broad SMARTS) is 1. The van der Waals surface area contributed by atoms with E-state index >= 15 is 0 Å². The van der Waals surface area contributed by atoms with Gasteiger partial charge in [0, 0.05) is 12.0 Å². The lowest BCUT2D eigenvalue weighted by molar-refractivity contribution is 0.0977. The first kappa shape index (κ1) is 13.3. The molecule has 2 N–H and O–H groups in total. The van der Waals surface area contributed by atoms with Crippen LogP contribution in [-0.2, 0) is 9.31 Å². The van der Waals surface area contributed by atoms with E-state index < -0.39 is 13.2 Å². The first-order chi connectivity index (χ1) is 9.56. The van der Waals surface area contributed by atoms with Gasteiger partial charge in [0.15, 0.2) is 0 Å². The van der Waals surface area contributed by atoms with E-state index in [1.165, 1.54) is 0 Å². The molecule has 2 atom stereocenters. The molecule has 2 heterocycles. The van der Waals surface area contributed by atoms with Crippen molar-refractivity contribution in [2.75, 3.05) is 13.2 Å². The number of rotatable bonds is 2. The van der Waals surface area contributed by atoms with Crippen molar-refractivity contribution in [1.82, 2.24) is 5.32 Å². The summed E-state index contributed by atoms with van der Waals surface area (Å²) in [5.74, 6) is 0.762. The van der Waals surface area contributed by atoms with Crippen LogP contribution in [0.1, 0.15) is 24.2 Å². The van der Waals surface area contributed by atoms with Gasteiger partial charge in [-0.15, -0.1) is 0 Å². The van der Waals surface area contributed by atoms with Gasteiger partial charge in [-0.2, -0.15) is 0 Å². The van der Waals surface area contributed by atoms with Gasteiger partial charge in [-0.05, 0) is 31.0 Å². The number of amides is 1. The quantitative estimate of drug-likeness (QED) is 0.783. The van der Waals surface area contributed by atoms with Crippen molar-refractivity contribution >= 4 is 18.7 Å². The molecule has 1 aromatic carbocycles. The fourth-order valence-corrected chi connectivity index (χ4v) is 2.69. The molecule has 0 saturated heterocycles. The van der Waals surface area contributed by atoms with E-state index in [1.54, 1.807) is 0 Å². The van der Waals surface area contributed by atoms with E-state index in [0.717, 1.165) is 22.3 Å². The monoisotopic (exact) mass is 277 g/mol. The van der Waals surface area contributed by atoms with Crippen LogP contribution in [0.3, 0.4) is 0 Å². The molecule has 2 aliphatic heterocycles. The standard InChI is InChI=1S/C13H16BNO5/c1-7-3-4-9-12-11(7)10(5-15-13(16)17)20-14(12)19-8(2)6-18-9/h3-4,8,10,15H,5-6H2,1-2H3,(H,16,17). The number of ether oxygens (including phenoxy) is 1. The fraction of sp³-hybridized carbons (Fsp3) is 0.462. The van der Waals surface area contributed by atoms with E-state index in [2.05, 4.69) is 5.32 Å². The van der Waals surface area contributed by atoms with E-state index in [4.69, 9.17) is 19.2 Å². The maximum absolute atomic E-state index is 10.7. The summed E-state index contributed by atoms with van der Waals surface area (Å²) in [5, 5.41) is 11.1.